The second-order valence-electron chi connectivity index (χ2n) is 3.31. The van der Waals surface area contributed by atoms with Crippen LogP contribution in [-0.2, 0) is 0 Å². The van der Waals surface area contributed by atoms with E-state index in [4.69, 9.17) is 10.4 Å². The van der Waals surface area contributed by atoms with Gasteiger partial charge in [0.2, 0.25) is 0 Å². The molecule has 0 radical (unpaired) electrons. The van der Waals surface area contributed by atoms with E-state index >= 15 is 0 Å². The van der Waals surface area contributed by atoms with E-state index < -0.39 is 0 Å². The van der Waals surface area contributed by atoms with Gasteiger partial charge in [0.05, 0.1) is 11.8 Å². The van der Waals surface area contributed by atoms with Crippen molar-refractivity contribution in [1.82, 2.24) is 5.32 Å². The minimum atomic E-state index is -0.155. The number of aliphatic hydroxyl groups is 1. The van der Waals surface area contributed by atoms with Crippen LogP contribution in [0, 0.1) is 11.3 Å². The van der Waals surface area contributed by atoms with E-state index in [1.165, 1.54) is 11.8 Å². The Hall–Kier alpha value is -1.51. The molecule has 0 bridgehead atoms. The fourth-order valence-electron chi connectivity index (χ4n) is 1.23. The number of benzene rings is 1. The van der Waals surface area contributed by atoms with Crippen LogP contribution in [0.15, 0.2) is 29.2 Å². The maximum Gasteiger partial charge on any atom is 0.251 e. The molecule has 1 aromatic rings. The molecule has 17 heavy (non-hydrogen) atoms. The minimum absolute atomic E-state index is 0.0678. The molecule has 0 unspecified atom stereocenters. The van der Waals surface area contributed by atoms with Gasteiger partial charge in [0, 0.05) is 23.6 Å². The third-order valence-electron chi connectivity index (χ3n) is 2.02. The average molecular weight is 250 g/mol. The van der Waals surface area contributed by atoms with Crippen LogP contribution in [0.4, 0.5) is 0 Å². The molecule has 4 nitrogen and oxygen atoms in total. The Morgan fingerprint density at radius 1 is 1.53 bits per heavy atom. The molecule has 1 amide bonds. The van der Waals surface area contributed by atoms with Gasteiger partial charge in [-0.1, -0.05) is 6.07 Å². The summed E-state index contributed by atoms with van der Waals surface area (Å²) in [5, 5.41) is 19.8. The number of hydrogen-bond acceptors (Lipinski definition) is 4. The Kier molecular flexibility index (Phi) is 6.15. The van der Waals surface area contributed by atoms with Crippen LogP contribution in [0.1, 0.15) is 16.8 Å². The SMILES string of the molecule is N#CCSc1cccc(C(=O)NCCCO)c1. The third kappa shape index (κ3) is 4.89. The summed E-state index contributed by atoms with van der Waals surface area (Å²) in [7, 11) is 0. The lowest BCUT2D eigenvalue weighted by Crippen LogP contribution is -2.24. The van der Waals surface area contributed by atoms with Crippen molar-refractivity contribution >= 4 is 17.7 Å². The summed E-state index contributed by atoms with van der Waals surface area (Å²) in [5.41, 5.74) is 0.575. The van der Waals surface area contributed by atoms with E-state index in [-0.39, 0.29) is 12.5 Å². The number of carbonyl (C=O) groups excluding carboxylic acids is 1. The van der Waals surface area contributed by atoms with Crippen molar-refractivity contribution in [3.05, 3.63) is 29.8 Å². The Balaban J connectivity index is 2.58. The molecule has 2 N–H and O–H groups in total. The second kappa shape index (κ2) is 7.71. The first-order valence-electron chi connectivity index (χ1n) is 5.27. The van der Waals surface area contributed by atoms with E-state index in [1.807, 2.05) is 12.1 Å². The summed E-state index contributed by atoms with van der Waals surface area (Å²) in [6.07, 6.45) is 0.550. The lowest BCUT2D eigenvalue weighted by molar-refractivity contribution is 0.0951. The van der Waals surface area contributed by atoms with E-state index in [9.17, 15) is 4.79 Å². The zero-order valence-corrected chi connectivity index (χ0v) is 10.2. The summed E-state index contributed by atoms with van der Waals surface area (Å²) in [5.74, 6) is 0.216. The predicted molar refractivity (Wildman–Crippen MR) is 66.8 cm³/mol. The molecular weight excluding hydrogens is 236 g/mol. The van der Waals surface area contributed by atoms with Gasteiger partial charge in [-0.2, -0.15) is 5.26 Å². The molecule has 0 saturated carbocycles. The Bertz CT molecular complexity index is 415. The van der Waals surface area contributed by atoms with Crippen LogP contribution in [-0.4, -0.2) is 29.9 Å². The largest absolute Gasteiger partial charge is 0.396 e. The van der Waals surface area contributed by atoms with Crippen molar-refractivity contribution in [3.8, 4) is 6.07 Å². The van der Waals surface area contributed by atoms with Crippen molar-refractivity contribution in [3.63, 3.8) is 0 Å². The van der Waals surface area contributed by atoms with Gasteiger partial charge >= 0.3 is 0 Å². The summed E-state index contributed by atoms with van der Waals surface area (Å²) >= 11 is 1.40. The highest BCUT2D eigenvalue weighted by molar-refractivity contribution is 7.99. The molecule has 0 heterocycles. The lowest BCUT2D eigenvalue weighted by Gasteiger charge is -2.05. The molecule has 0 atom stereocenters. The second-order valence-corrected chi connectivity index (χ2v) is 4.36. The molecule has 0 fully saturated rings. The normalized spacial score (nSPS) is 9.65. The van der Waals surface area contributed by atoms with Crippen molar-refractivity contribution < 1.29 is 9.90 Å². The summed E-state index contributed by atoms with van der Waals surface area (Å²) in [4.78, 5) is 12.6. The standard InChI is InChI=1S/C12H14N2O2S/c13-5-8-17-11-4-1-3-10(9-11)12(16)14-6-2-7-15/h1,3-4,9,15H,2,6-8H2,(H,14,16). The number of hydrogen-bond donors (Lipinski definition) is 2. The number of nitriles is 1. The smallest absolute Gasteiger partial charge is 0.251 e. The number of nitrogens with zero attached hydrogens (tertiary/aromatic N) is 1. The number of rotatable bonds is 6. The summed E-state index contributed by atoms with van der Waals surface area (Å²) < 4.78 is 0. The van der Waals surface area contributed by atoms with Gasteiger partial charge in [0.25, 0.3) is 5.91 Å². The molecular formula is C12H14N2O2S. The first-order chi connectivity index (χ1) is 8.27. The topological polar surface area (TPSA) is 73.1 Å². The maximum absolute atomic E-state index is 11.7. The van der Waals surface area contributed by atoms with Crippen LogP contribution in [0.25, 0.3) is 0 Å². The van der Waals surface area contributed by atoms with Crippen LogP contribution in [0.2, 0.25) is 0 Å². The quantitative estimate of drug-likeness (QED) is 0.591. The molecule has 0 aromatic heterocycles. The molecule has 90 valence electrons. The van der Waals surface area contributed by atoms with E-state index in [2.05, 4.69) is 5.32 Å². The third-order valence-corrected chi connectivity index (χ3v) is 2.88. The van der Waals surface area contributed by atoms with Crippen molar-refractivity contribution in [1.29, 1.82) is 5.26 Å². The van der Waals surface area contributed by atoms with Gasteiger partial charge in [-0.25, -0.2) is 0 Å². The van der Waals surface area contributed by atoms with Gasteiger partial charge in [-0.15, -0.1) is 11.8 Å². The molecule has 0 aliphatic heterocycles. The van der Waals surface area contributed by atoms with Crippen LogP contribution >= 0.6 is 11.8 Å². The number of amides is 1. The van der Waals surface area contributed by atoms with Crippen molar-refractivity contribution in [2.24, 2.45) is 0 Å². The molecule has 0 aliphatic rings. The number of nitrogens with one attached hydrogen (secondary N) is 1. The molecule has 5 heteroatoms. The zero-order valence-electron chi connectivity index (χ0n) is 9.35. The Labute approximate surface area is 105 Å². The molecule has 1 rings (SSSR count). The average Bonchev–Trinajstić information content (AvgIpc) is 2.37. The minimum Gasteiger partial charge on any atom is -0.396 e. The van der Waals surface area contributed by atoms with E-state index in [0.717, 1.165) is 4.90 Å². The molecule has 0 spiro atoms. The van der Waals surface area contributed by atoms with Gasteiger partial charge in [-0.3, -0.25) is 4.79 Å². The van der Waals surface area contributed by atoms with Crippen molar-refractivity contribution in [2.75, 3.05) is 18.9 Å². The highest BCUT2D eigenvalue weighted by atomic mass is 32.2. The molecule has 0 aliphatic carbocycles. The summed E-state index contributed by atoms with van der Waals surface area (Å²) in [6, 6.07) is 9.19. The fourth-order valence-corrected chi connectivity index (χ4v) is 1.84. The molecule has 1 aromatic carbocycles. The summed E-state index contributed by atoms with van der Waals surface area (Å²) in [6.45, 7) is 0.531. The van der Waals surface area contributed by atoms with Crippen LogP contribution < -0.4 is 5.32 Å². The van der Waals surface area contributed by atoms with Gasteiger partial charge in [-0.05, 0) is 24.6 Å². The predicted octanol–water partition coefficient (Wildman–Crippen LogP) is 1.41. The number of aliphatic hydroxyl groups excluding tert-OH is 1. The highest BCUT2D eigenvalue weighted by Gasteiger charge is 2.05. The lowest BCUT2D eigenvalue weighted by atomic mass is 10.2. The zero-order chi connectivity index (χ0) is 12.5. The first kappa shape index (κ1) is 13.6. The van der Waals surface area contributed by atoms with E-state index in [1.54, 1.807) is 18.2 Å². The van der Waals surface area contributed by atoms with Crippen LogP contribution in [0.3, 0.4) is 0 Å². The Morgan fingerprint density at radius 2 is 2.35 bits per heavy atom. The maximum atomic E-state index is 11.7. The first-order valence-corrected chi connectivity index (χ1v) is 6.25. The number of carbonyl (C=O) groups is 1. The highest BCUT2D eigenvalue weighted by Crippen LogP contribution is 2.18. The van der Waals surface area contributed by atoms with Crippen LogP contribution in [0.5, 0.6) is 0 Å². The van der Waals surface area contributed by atoms with E-state index in [0.29, 0.717) is 24.3 Å². The monoisotopic (exact) mass is 250 g/mol. The Morgan fingerprint density at radius 3 is 3.06 bits per heavy atom. The van der Waals surface area contributed by atoms with Crippen molar-refractivity contribution in [2.45, 2.75) is 11.3 Å². The fraction of sp³-hybridized carbons (Fsp3) is 0.333. The molecule has 0 saturated heterocycles. The van der Waals surface area contributed by atoms with Gasteiger partial charge < -0.3 is 10.4 Å². The van der Waals surface area contributed by atoms with Gasteiger partial charge in [0.15, 0.2) is 0 Å². The number of thioether (sulfide) groups is 1. The van der Waals surface area contributed by atoms with Gasteiger partial charge in [0.1, 0.15) is 0 Å².